The molecule has 3 rings (SSSR count). The Morgan fingerprint density at radius 3 is 2.81 bits per heavy atom. The van der Waals surface area contributed by atoms with E-state index in [1.165, 1.54) is 0 Å². The van der Waals surface area contributed by atoms with Crippen molar-refractivity contribution in [2.45, 2.75) is 0 Å². The van der Waals surface area contributed by atoms with Gasteiger partial charge in [-0.2, -0.15) is 10.2 Å². The van der Waals surface area contributed by atoms with Crippen LogP contribution in [0.5, 0.6) is 0 Å². The Hall–Kier alpha value is -1.88. The maximum absolute atomic E-state index is 5.87. The highest BCUT2D eigenvalue weighted by Crippen LogP contribution is 2.18. The molecule has 0 bridgehead atoms. The summed E-state index contributed by atoms with van der Waals surface area (Å²) < 4.78 is 3.43. The van der Waals surface area contributed by atoms with Crippen LogP contribution in [0.15, 0.2) is 30.7 Å². The average Bonchev–Trinajstić information content (AvgIpc) is 2.83. The molecule has 3 aromatic heterocycles. The molecule has 5 nitrogen and oxygen atoms in total. The van der Waals surface area contributed by atoms with Gasteiger partial charge in [0.1, 0.15) is 10.8 Å². The minimum absolute atomic E-state index is 0.457. The number of pyridine rings is 1. The third-order valence-corrected chi connectivity index (χ3v) is 2.53. The van der Waals surface area contributed by atoms with Crippen LogP contribution in [0.2, 0.25) is 5.15 Å². The van der Waals surface area contributed by atoms with Gasteiger partial charge < -0.3 is 0 Å². The summed E-state index contributed by atoms with van der Waals surface area (Å²) in [5.74, 6) is 0. The highest BCUT2D eigenvalue weighted by molar-refractivity contribution is 6.29. The number of hydrogen-bond acceptors (Lipinski definition) is 3. The van der Waals surface area contributed by atoms with Gasteiger partial charge in [-0.3, -0.25) is 4.68 Å². The van der Waals surface area contributed by atoms with Gasteiger partial charge in [-0.25, -0.2) is 9.67 Å². The molecule has 80 valence electrons. The molecule has 0 aliphatic rings. The monoisotopic (exact) mass is 233 g/mol. The molecule has 0 amide bonds. The van der Waals surface area contributed by atoms with Gasteiger partial charge in [0.2, 0.25) is 0 Å². The first-order valence-electron chi connectivity index (χ1n) is 4.73. The van der Waals surface area contributed by atoms with Crippen LogP contribution in [0.4, 0.5) is 0 Å². The molecule has 3 heterocycles. The van der Waals surface area contributed by atoms with E-state index in [2.05, 4.69) is 15.2 Å². The molecule has 3 aromatic rings. The Morgan fingerprint density at radius 1 is 1.19 bits per heavy atom. The second kappa shape index (κ2) is 3.31. The van der Waals surface area contributed by atoms with Crippen molar-refractivity contribution in [2.75, 3.05) is 0 Å². The summed E-state index contributed by atoms with van der Waals surface area (Å²) in [5, 5.41) is 9.77. The fraction of sp³-hybridized carbons (Fsp3) is 0.100. The van der Waals surface area contributed by atoms with Crippen LogP contribution in [0.3, 0.4) is 0 Å². The zero-order valence-electron chi connectivity index (χ0n) is 8.50. The van der Waals surface area contributed by atoms with Crippen molar-refractivity contribution in [3.63, 3.8) is 0 Å². The third-order valence-electron chi connectivity index (χ3n) is 2.32. The number of nitrogens with zero attached hydrogens (tertiary/aromatic N) is 5. The van der Waals surface area contributed by atoms with Gasteiger partial charge >= 0.3 is 0 Å². The predicted molar refractivity (Wildman–Crippen MR) is 60.6 cm³/mol. The lowest BCUT2D eigenvalue weighted by molar-refractivity contribution is 0.766. The Balaban J connectivity index is 2.27. The van der Waals surface area contributed by atoms with Crippen LogP contribution in [0.1, 0.15) is 0 Å². The van der Waals surface area contributed by atoms with Crippen LogP contribution in [-0.4, -0.2) is 24.5 Å². The molecular formula is C10H8ClN5. The molecule has 0 saturated heterocycles. The van der Waals surface area contributed by atoms with E-state index < -0.39 is 0 Å². The molecule has 6 heteroatoms. The standard InChI is InChI=1S/C10H8ClN5/c1-15-6-8(5-12-15)16-10-7(4-13-16)2-3-9(11)14-10/h2-6H,1H3. The topological polar surface area (TPSA) is 48.5 Å². The molecule has 0 aromatic carbocycles. The highest BCUT2D eigenvalue weighted by atomic mass is 35.5. The summed E-state index contributed by atoms with van der Waals surface area (Å²) in [6.45, 7) is 0. The largest absolute Gasteiger partial charge is 0.274 e. The van der Waals surface area contributed by atoms with E-state index in [0.717, 1.165) is 16.7 Å². The molecule has 0 aliphatic carbocycles. The van der Waals surface area contributed by atoms with E-state index in [-0.39, 0.29) is 0 Å². The zero-order chi connectivity index (χ0) is 11.1. The van der Waals surface area contributed by atoms with E-state index in [0.29, 0.717) is 5.15 Å². The molecule has 0 spiro atoms. The van der Waals surface area contributed by atoms with Gasteiger partial charge in [-0.1, -0.05) is 11.6 Å². The van der Waals surface area contributed by atoms with Crippen LogP contribution in [0.25, 0.3) is 16.7 Å². The summed E-state index contributed by atoms with van der Waals surface area (Å²) in [4.78, 5) is 4.25. The number of aromatic nitrogens is 5. The summed E-state index contributed by atoms with van der Waals surface area (Å²) in [6, 6.07) is 3.64. The molecule has 0 N–H and O–H groups in total. The average molecular weight is 234 g/mol. The molecule has 0 aliphatic heterocycles. The number of rotatable bonds is 1. The molecule has 0 fully saturated rings. The smallest absolute Gasteiger partial charge is 0.164 e. The minimum atomic E-state index is 0.457. The van der Waals surface area contributed by atoms with Crippen LogP contribution < -0.4 is 0 Å². The van der Waals surface area contributed by atoms with Crippen molar-refractivity contribution in [3.8, 4) is 5.69 Å². The Kier molecular flexibility index (Phi) is 1.94. The SMILES string of the molecule is Cn1cc(-n2ncc3ccc(Cl)nc32)cn1. The van der Waals surface area contributed by atoms with Gasteiger partial charge in [0.25, 0.3) is 0 Å². The van der Waals surface area contributed by atoms with Crippen molar-refractivity contribution < 1.29 is 0 Å². The first-order valence-corrected chi connectivity index (χ1v) is 5.11. The minimum Gasteiger partial charge on any atom is -0.274 e. The Morgan fingerprint density at radius 2 is 2.06 bits per heavy atom. The summed E-state index contributed by atoms with van der Waals surface area (Å²) in [7, 11) is 1.86. The van der Waals surface area contributed by atoms with Crippen LogP contribution in [0, 0.1) is 0 Å². The quantitative estimate of drug-likeness (QED) is 0.603. The Bertz CT molecular complexity index is 654. The van der Waals surface area contributed by atoms with Crippen molar-refractivity contribution >= 4 is 22.6 Å². The maximum atomic E-state index is 5.87. The normalized spacial score (nSPS) is 11.1. The first kappa shape index (κ1) is 9.35. The van der Waals surface area contributed by atoms with Gasteiger partial charge in [0, 0.05) is 12.4 Å². The lowest BCUT2D eigenvalue weighted by Crippen LogP contribution is -1.96. The zero-order valence-corrected chi connectivity index (χ0v) is 9.26. The van der Waals surface area contributed by atoms with Gasteiger partial charge in [0.05, 0.1) is 18.6 Å². The number of halogens is 1. The predicted octanol–water partition coefficient (Wildman–Crippen LogP) is 1.81. The van der Waals surface area contributed by atoms with Crippen molar-refractivity contribution in [2.24, 2.45) is 7.05 Å². The van der Waals surface area contributed by atoms with E-state index in [4.69, 9.17) is 11.6 Å². The van der Waals surface area contributed by atoms with Crippen LogP contribution >= 0.6 is 11.6 Å². The van der Waals surface area contributed by atoms with Crippen LogP contribution in [-0.2, 0) is 7.05 Å². The molecule has 0 saturated carbocycles. The highest BCUT2D eigenvalue weighted by Gasteiger charge is 2.07. The fourth-order valence-corrected chi connectivity index (χ4v) is 1.73. The molecule has 0 atom stereocenters. The van der Waals surface area contributed by atoms with Crippen molar-refractivity contribution in [1.82, 2.24) is 24.5 Å². The second-order valence-corrected chi connectivity index (χ2v) is 3.86. The first-order chi connectivity index (χ1) is 7.74. The van der Waals surface area contributed by atoms with Crippen molar-refractivity contribution in [1.29, 1.82) is 0 Å². The third kappa shape index (κ3) is 1.37. The molecule has 0 radical (unpaired) electrons. The summed E-state index contributed by atoms with van der Waals surface area (Å²) in [5.41, 5.74) is 1.60. The van der Waals surface area contributed by atoms with Gasteiger partial charge in [-0.05, 0) is 12.1 Å². The number of aryl methyl sites for hydroxylation is 1. The molecule has 0 unspecified atom stereocenters. The fourth-order valence-electron chi connectivity index (χ4n) is 1.59. The van der Waals surface area contributed by atoms with Gasteiger partial charge in [0.15, 0.2) is 5.65 Å². The summed E-state index contributed by atoms with van der Waals surface area (Å²) in [6.07, 6.45) is 5.36. The van der Waals surface area contributed by atoms with E-state index in [1.807, 2.05) is 19.3 Å². The molecule has 16 heavy (non-hydrogen) atoms. The lowest BCUT2D eigenvalue weighted by atomic mass is 10.3. The summed E-state index contributed by atoms with van der Waals surface area (Å²) >= 11 is 5.87. The van der Waals surface area contributed by atoms with Crippen molar-refractivity contribution in [3.05, 3.63) is 35.9 Å². The second-order valence-electron chi connectivity index (χ2n) is 3.48. The van der Waals surface area contributed by atoms with E-state index >= 15 is 0 Å². The Labute approximate surface area is 96.3 Å². The van der Waals surface area contributed by atoms with E-state index in [1.54, 1.807) is 27.8 Å². The van der Waals surface area contributed by atoms with Gasteiger partial charge in [-0.15, -0.1) is 0 Å². The van der Waals surface area contributed by atoms with E-state index in [9.17, 15) is 0 Å². The number of hydrogen-bond donors (Lipinski definition) is 0. The lowest BCUT2D eigenvalue weighted by Gasteiger charge is -1.98. The molecular weight excluding hydrogens is 226 g/mol. The maximum Gasteiger partial charge on any atom is 0.164 e. The number of fused-ring (bicyclic) bond motifs is 1.